The summed E-state index contributed by atoms with van der Waals surface area (Å²) >= 11 is 0. The van der Waals surface area contributed by atoms with E-state index in [4.69, 9.17) is 9.97 Å². The maximum atomic E-state index is 9.85. The van der Waals surface area contributed by atoms with Crippen LogP contribution in [-0.4, -0.2) is 66.8 Å². The van der Waals surface area contributed by atoms with E-state index in [-0.39, 0.29) is 94.4 Å². The first-order chi connectivity index (χ1) is 29.5. The Morgan fingerprint density at radius 3 is 0.812 bits per heavy atom. The van der Waals surface area contributed by atoms with Crippen LogP contribution in [0.2, 0.25) is 0 Å². The van der Waals surface area contributed by atoms with E-state index in [2.05, 4.69) is 58.5 Å². The van der Waals surface area contributed by atoms with E-state index in [1.54, 1.807) is 0 Å². The van der Waals surface area contributed by atoms with Gasteiger partial charge in [-0.2, -0.15) is 0 Å². The Balaban J connectivity index is 0.00000193. The Bertz CT molecular complexity index is 2600. The molecular weight excluding hydrogens is 1070 g/mol. The molecule has 6 N–H and O–H groups in total. The van der Waals surface area contributed by atoms with Crippen LogP contribution in [0, 0.1) is 0 Å². The minimum atomic E-state index is 0. The van der Waals surface area contributed by atoms with Crippen molar-refractivity contribution >= 4 is 46.4 Å². The fourth-order valence-corrected chi connectivity index (χ4v) is 8.12. The zero-order valence-corrected chi connectivity index (χ0v) is 40.8. The van der Waals surface area contributed by atoms with Crippen LogP contribution in [0.3, 0.4) is 0 Å². The van der Waals surface area contributed by atoms with Gasteiger partial charge in [-0.1, -0.05) is 0 Å². The van der Waals surface area contributed by atoms with E-state index in [0.717, 1.165) is 89.4 Å². The zero-order valence-electron chi connectivity index (χ0n) is 34.5. The van der Waals surface area contributed by atoms with Gasteiger partial charge >= 0.3 is 0 Å². The molecule has 64 heavy (non-hydrogen) atoms. The molecule has 9 heterocycles. The lowest BCUT2D eigenvalue weighted by atomic mass is 10.1. The molecule has 9 rings (SSSR count). The van der Waals surface area contributed by atoms with E-state index in [0.29, 0.717) is 26.2 Å². The lowest BCUT2D eigenvalue weighted by Crippen LogP contribution is -3.00. The van der Waals surface area contributed by atoms with E-state index in [1.807, 2.05) is 116 Å². The molecule has 0 spiro atoms. The van der Waals surface area contributed by atoms with Gasteiger partial charge in [0.15, 0.2) is 75.8 Å². The molecule has 7 aromatic heterocycles. The van der Waals surface area contributed by atoms with Crippen molar-refractivity contribution in [3.05, 3.63) is 145 Å². The van der Waals surface area contributed by atoms with Gasteiger partial charge in [0.05, 0.1) is 22.8 Å². The number of nitrogens with one attached hydrogen (secondary N) is 2. The number of fused-ring (bicyclic) bond motifs is 8. The third-order valence-corrected chi connectivity index (χ3v) is 10.8. The van der Waals surface area contributed by atoms with Crippen LogP contribution in [0.15, 0.2) is 122 Å². The van der Waals surface area contributed by atoms with Gasteiger partial charge in [-0.05, 0) is 72.8 Å². The summed E-state index contributed by atoms with van der Waals surface area (Å²) in [7, 11) is 0. The lowest BCUT2D eigenvalue weighted by molar-refractivity contribution is -0.697. The minimum absolute atomic E-state index is 0. The van der Waals surface area contributed by atoms with Crippen LogP contribution in [0.1, 0.15) is 22.8 Å². The number of aromatic amines is 2. The number of hydrogen-bond acceptors (Lipinski definition) is 6. The number of hydrogen-bond donors (Lipinski definition) is 6. The SMILES string of the molecule is OCC[n+]1cccc(-c2c3nc(c(-c4ccc[n+](CCO)c4)c4ccc([nH]4)c(-c4ccc[n+](CCO)c4)c4nc(c(-c5ccc[n+](CCO)c5)c5ccc2[nH]5)C=C4)C=C3)c1.[Br-].[Br-].[Br-].[Br-]. The molecule has 8 bridgehead atoms. The monoisotopic (exact) mass is 1110 g/mol. The van der Waals surface area contributed by atoms with Crippen molar-refractivity contribution in [2.24, 2.45) is 0 Å². The first-order valence-electron chi connectivity index (χ1n) is 20.1. The summed E-state index contributed by atoms with van der Waals surface area (Å²) in [6, 6.07) is 24.5. The number of aliphatic hydroxyl groups excluding tert-OH is 4. The normalized spacial score (nSPS) is 11.3. The van der Waals surface area contributed by atoms with Gasteiger partial charge in [-0.3, -0.25) is 0 Å². The summed E-state index contributed by atoms with van der Waals surface area (Å²) < 4.78 is 7.89. The van der Waals surface area contributed by atoms with Crippen molar-refractivity contribution in [1.29, 1.82) is 0 Å². The van der Waals surface area contributed by atoms with Crippen molar-refractivity contribution in [3.8, 4) is 44.5 Å². The van der Waals surface area contributed by atoms with Crippen molar-refractivity contribution in [1.82, 2.24) is 19.9 Å². The average Bonchev–Trinajstić information content (AvgIpc) is 4.10. The predicted molar refractivity (Wildman–Crippen MR) is 230 cm³/mol. The highest BCUT2D eigenvalue weighted by atomic mass is 79.9. The molecule has 0 atom stereocenters. The van der Waals surface area contributed by atoms with E-state index < -0.39 is 0 Å². The first-order valence-corrected chi connectivity index (χ1v) is 20.1. The molecule has 0 amide bonds. The highest BCUT2D eigenvalue weighted by Crippen LogP contribution is 2.37. The Labute approximate surface area is 412 Å². The smallest absolute Gasteiger partial charge is 0.176 e. The highest BCUT2D eigenvalue weighted by molar-refractivity contribution is 5.99. The lowest BCUT2D eigenvalue weighted by Gasteiger charge is -2.06. The maximum Gasteiger partial charge on any atom is 0.176 e. The number of rotatable bonds is 12. The van der Waals surface area contributed by atoms with Crippen LogP contribution < -0.4 is 86.2 Å². The summed E-state index contributed by atoms with van der Waals surface area (Å²) in [5.41, 5.74) is 13.7. The van der Waals surface area contributed by atoms with Gasteiger partial charge in [-0.15, -0.1) is 0 Å². The summed E-state index contributed by atoms with van der Waals surface area (Å²) in [5, 5.41) is 39.4. The Morgan fingerprint density at radius 1 is 0.359 bits per heavy atom. The summed E-state index contributed by atoms with van der Waals surface area (Å²) in [6.45, 7) is 1.80. The third kappa shape index (κ3) is 10.4. The number of aliphatic hydroxyl groups is 4. The molecule has 0 radical (unpaired) electrons. The molecule has 7 aromatic rings. The average molecular weight is 1120 g/mol. The molecule has 2 aliphatic rings. The third-order valence-electron chi connectivity index (χ3n) is 10.8. The molecular formula is C48H46Br4N8O4. The van der Waals surface area contributed by atoms with Crippen LogP contribution in [-0.2, 0) is 26.2 Å². The molecule has 0 saturated carbocycles. The van der Waals surface area contributed by atoms with E-state index >= 15 is 0 Å². The number of halogens is 4. The van der Waals surface area contributed by atoms with Crippen LogP contribution >= 0.6 is 0 Å². The van der Waals surface area contributed by atoms with E-state index in [1.165, 1.54) is 0 Å². The molecule has 0 unspecified atom stereocenters. The van der Waals surface area contributed by atoms with E-state index in [9.17, 15) is 20.4 Å². The second-order valence-corrected chi connectivity index (χ2v) is 14.7. The molecule has 0 aliphatic carbocycles. The second-order valence-electron chi connectivity index (χ2n) is 14.7. The molecule has 2 aliphatic heterocycles. The van der Waals surface area contributed by atoms with Gasteiger partial charge < -0.3 is 98.3 Å². The topological polar surface area (TPSA) is 154 Å². The van der Waals surface area contributed by atoms with Gasteiger partial charge in [0.25, 0.3) is 0 Å². The number of nitrogens with zero attached hydrogens (tertiary/aromatic N) is 6. The Morgan fingerprint density at radius 2 is 0.594 bits per heavy atom. The maximum absolute atomic E-state index is 9.85. The van der Waals surface area contributed by atoms with Crippen molar-refractivity contribution in [3.63, 3.8) is 0 Å². The summed E-state index contributed by atoms with van der Waals surface area (Å²) in [6.07, 6.45) is 24.1. The zero-order chi connectivity index (χ0) is 41.0. The quantitative estimate of drug-likeness (QED) is 0.0670. The van der Waals surface area contributed by atoms with Crippen molar-refractivity contribution < 1.29 is 107 Å². The van der Waals surface area contributed by atoms with Crippen LogP contribution in [0.25, 0.3) is 90.9 Å². The van der Waals surface area contributed by atoms with Crippen molar-refractivity contribution in [2.75, 3.05) is 26.4 Å². The second kappa shape index (κ2) is 22.7. The summed E-state index contributed by atoms with van der Waals surface area (Å²) in [4.78, 5) is 18.3. The van der Waals surface area contributed by atoms with Gasteiger partial charge in [0, 0.05) is 90.8 Å². The molecule has 0 aromatic carbocycles. The fourth-order valence-electron chi connectivity index (χ4n) is 8.12. The standard InChI is InChI=1S/C48H46N8O4.4BrH/c57-25-21-53-17-1-5-33(29-53)45-37-9-11-39(49-37)46(34-6-2-18-54(30-34)22-26-58)41-13-15-43(51-41)48(36-8-4-20-56(32-36)24-28-60)44-16-14-42(52-44)47(40-12-10-38(45)50-40)35-7-3-19-55(31-35)23-27-59;;;;/h1-20,29-32,49,52,57-60H,21-28H2;4*1H/q+4;;;;/p-4. The number of aromatic nitrogens is 8. The molecule has 0 fully saturated rings. The number of pyridine rings is 4. The highest BCUT2D eigenvalue weighted by Gasteiger charge is 2.22. The molecule has 12 nitrogen and oxygen atoms in total. The predicted octanol–water partition coefficient (Wildman–Crippen LogP) is -7.54. The van der Waals surface area contributed by atoms with Gasteiger partial charge in [-0.25, -0.2) is 28.2 Å². The summed E-state index contributed by atoms with van der Waals surface area (Å²) in [5.74, 6) is 0. The first kappa shape index (κ1) is 50.0. The Hall–Kier alpha value is -5.04. The van der Waals surface area contributed by atoms with Crippen LogP contribution in [0.5, 0.6) is 0 Å². The molecule has 0 saturated heterocycles. The number of H-pyrrole nitrogens is 2. The Kier molecular flexibility index (Phi) is 17.7. The van der Waals surface area contributed by atoms with Gasteiger partial charge in [0.1, 0.15) is 26.4 Å². The largest absolute Gasteiger partial charge is 1.00 e. The fraction of sp³-hybridized carbons (Fsp3) is 0.167. The molecule has 330 valence electrons. The van der Waals surface area contributed by atoms with Crippen molar-refractivity contribution in [2.45, 2.75) is 26.2 Å². The van der Waals surface area contributed by atoms with Gasteiger partial charge in [0.2, 0.25) is 0 Å². The molecule has 16 heteroatoms. The minimum Gasteiger partial charge on any atom is -1.00 e. The van der Waals surface area contributed by atoms with Crippen LogP contribution in [0.4, 0.5) is 0 Å².